The van der Waals surface area contributed by atoms with Gasteiger partial charge in [-0.05, 0) is 116 Å². The van der Waals surface area contributed by atoms with Crippen LogP contribution in [0.25, 0.3) is 0 Å². The molecule has 0 heterocycles. The maximum Gasteiger partial charge on any atom is -0.0231 e. The fraction of sp³-hybridized carbons (Fsp3) is 0.647. The van der Waals surface area contributed by atoms with Crippen molar-refractivity contribution in [2.45, 2.75) is 120 Å². The van der Waals surface area contributed by atoms with Crippen LogP contribution in [0.2, 0.25) is 0 Å². The van der Waals surface area contributed by atoms with Crippen LogP contribution in [-0.4, -0.2) is 0 Å². The lowest BCUT2D eigenvalue weighted by molar-refractivity contribution is 0.542. The summed E-state index contributed by atoms with van der Waals surface area (Å²) in [6, 6.07) is 0. The number of allylic oxidation sites excluding steroid dienone is 8. The molecule has 0 aliphatic rings. The number of hydrogen-bond donors (Lipinski definition) is 0. The lowest BCUT2D eigenvalue weighted by Gasteiger charge is -2.18. The van der Waals surface area contributed by atoms with Crippen LogP contribution in [0, 0.1) is 23.7 Å². The fourth-order valence-electron chi connectivity index (χ4n) is 3.95. The smallest absolute Gasteiger partial charge is 0.0231 e. The van der Waals surface area contributed by atoms with Crippen molar-refractivity contribution in [3.63, 3.8) is 0 Å². The maximum atomic E-state index is 4.36. The summed E-state index contributed by atoms with van der Waals surface area (Å²) >= 11 is 0. The van der Waals surface area contributed by atoms with Crippen LogP contribution in [-0.2, 0) is 0 Å². The largest absolute Gasteiger partial charge is 0.0999 e. The van der Waals surface area contributed by atoms with E-state index in [-0.39, 0.29) is 0 Å². The number of rotatable bonds is 19. The minimum atomic E-state index is 0.597. The van der Waals surface area contributed by atoms with Gasteiger partial charge < -0.3 is 0 Å². The summed E-state index contributed by atoms with van der Waals surface area (Å²) in [4.78, 5) is 0. The molecule has 0 N–H and O–H groups in total. The van der Waals surface area contributed by atoms with Gasteiger partial charge in [-0.1, -0.05) is 99.6 Å². The molecule has 0 aliphatic heterocycles. The maximum absolute atomic E-state index is 4.36. The summed E-state index contributed by atoms with van der Waals surface area (Å²) in [5.74, 6) is 2.39. The first-order valence-electron chi connectivity index (χ1n) is 13.8. The van der Waals surface area contributed by atoms with Crippen LogP contribution in [0.4, 0.5) is 0 Å². The molecule has 0 heteroatoms. The van der Waals surface area contributed by atoms with Crippen molar-refractivity contribution in [2.75, 3.05) is 0 Å². The van der Waals surface area contributed by atoms with Crippen LogP contribution >= 0.6 is 0 Å². The second-order valence-electron chi connectivity index (χ2n) is 11.4. The zero-order chi connectivity index (χ0) is 26.3. The van der Waals surface area contributed by atoms with Gasteiger partial charge in [0.25, 0.3) is 0 Å². The molecule has 0 fully saturated rings. The van der Waals surface area contributed by atoms with Crippen molar-refractivity contribution in [1.29, 1.82) is 0 Å². The third-order valence-electron chi connectivity index (χ3n) is 7.97. The summed E-state index contributed by atoms with van der Waals surface area (Å²) in [5.41, 5.74) is 8.42. The van der Waals surface area contributed by atoms with Crippen LogP contribution in [0.5, 0.6) is 0 Å². The van der Waals surface area contributed by atoms with E-state index in [9.17, 15) is 0 Å². The monoisotopic (exact) mass is 466 g/mol. The first-order valence-corrected chi connectivity index (χ1v) is 13.8. The van der Waals surface area contributed by atoms with Crippen molar-refractivity contribution in [2.24, 2.45) is 23.7 Å². The molecule has 0 radical (unpaired) electrons. The highest BCUT2D eigenvalue weighted by Crippen LogP contribution is 2.26. The first-order chi connectivity index (χ1) is 15.8. The van der Waals surface area contributed by atoms with E-state index in [2.05, 4.69) is 93.9 Å². The molecule has 0 aromatic rings. The molecule has 4 atom stereocenters. The van der Waals surface area contributed by atoms with Gasteiger partial charge in [-0.25, -0.2) is 0 Å². The molecule has 0 bridgehead atoms. The van der Waals surface area contributed by atoms with Gasteiger partial charge in [0, 0.05) is 0 Å². The van der Waals surface area contributed by atoms with E-state index in [1.807, 2.05) is 0 Å². The van der Waals surface area contributed by atoms with Gasteiger partial charge >= 0.3 is 0 Å². The molecule has 0 saturated carbocycles. The van der Waals surface area contributed by atoms with Gasteiger partial charge in [0.05, 0.1) is 0 Å². The predicted octanol–water partition coefficient (Wildman–Crippen LogP) is 11.6. The lowest BCUT2D eigenvalue weighted by atomic mass is 9.88. The summed E-state index contributed by atoms with van der Waals surface area (Å²) < 4.78 is 0. The molecule has 0 unspecified atom stereocenters. The lowest BCUT2D eigenvalue weighted by Crippen LogP contribution is -2.02. The molecule has 0 spiro atoms. The molecule has 0 aliphatic carbocycles. The molecule has 0 amide bonds. The van der Waals surface area contributed by atoms with Gasteiger partial charge in [-0.3, -0.25) is 0 Å². The Balaban J connectivity index is 4.20. The highest BCUT2D eigenvalue weighted by molar-refractivity contribution is 5.07. The van der Waals surface area contributed by atoms with E-state index in [1.165, 1.54) is 72.0 Å². The Bertz CT molecular complexity index is 648. The summed E-state index contributed by atoms with van der Waals surface area (Å²) in [6.07, 6.45) is 16.6. The Hall–Kier alpha value is -1.56. The van der Waals surface area contributed by atoms with Crippen molar-refractivity contribution in [3.8, 4) is 0 Å². The standard InChI is InChI=1S/C34H58/c1-25(2)29(7)21-23-33(11)31(9)19-17-27(5)15-13-14-16-28(6)18-20-32(10)34(12)24-22-30(8)26(3)4/h15-16,29-32H,1,3,11-14,17-24H2,2,4-10H3/b27-15+,28-16+/t29-,30-,31-,32-/m0/s1. The molecule has 0 aromatic heterocycles. The van der Waals surface area contributed by atoms with E-state index in [1.54, 1.807) is 0 Å². The number of hydrogen-bond acceptors (Lipinski definition) is 0. The summed E-state index contributed by atoms with van der Waals surface area (Å²) in [5, 5.41) is 0. The van der Waals surface area contributed by atoms with Crippen LogP contribution in [0.15, 0.2) is 71.9 Å². The van der Waals surface area contributed by atoms with E-state index >= 15 is 0 Å². The summed E-state index contributed by atoms with van der Waals surface area (Å²) in [7, 11) is 0. The second kappa shape index (κ2) is 17.8. The van der Waals surface area contributed by atoms with Crippen LogP contribution in [0.1, 0.15) is 120 Å². The van der Waals surface area contributed by atoms with E-state index in [0.717, 1.165) is 25.7 Å². The Morgan fingerprint density at radius 1 is 0.500 bits per heavy atom. The SMILES string of the molecule is C=C(C)[C@@H](C)CCC(=C)[C@@H](C)CC/C(C)=C/CC/C=C(\C)CC[C@H](C)C(=C)CC[C@H](C)C(=C)C. The molecule has 0 nitrogen and oxygen atoms in total. The Kier molecular flexibility index (Phi) is 17.0. The molecule has 34 heavy (non-hydrogen) atoms. The van der Waals surface area contributed by atoms with Gasteiger partial charge in [0.2, 0.25) is 0 Å². The van der Waals surface area contributed by atoms with Gasteiger partial charge in [0.1, 0.15) is 0 Å². The van der Waals surface area contributed by atoms with Crippen molar-refractivity contribution >= 4 is 0 Å². The molecule has 0 aromatic carbocycles. The second-order valence-corrected chi connectivity index (χ2v) is 11.4. The fourth-order valence-corrected chi connectivity index (χ4v) is 3.95. The topological polar surface area (TPSA) is 0 Å². The third kappa shape index (κ3) is 15.4. The summed E-state index contributed by atoms with van der Waals surface area (Å²) in [6.45, 7) is 34.9. The van der Waals surface area contributed by atoms with Gasteiger partial charge in [-0.15, -0.1) is 0 Å². The van der Waals surface area contributed by atoms with Gasteiger partial charge in [0.15, 0.2) is 0 Å². The number of unbranched alkanes of at least 4 members (excludes halogenated alkanes) is 1. The Morgan fingerprint density at radius 3 is 1.09 bits per heavy atom. The Labute approximate surface area is 215 Å². The quantitative estimate of drug-likeness (QED) is 0.131. The zero-order valence-corrected chi connectivity index (χ0v) is 24.4. The molecular weight excluding hydrogens is 408 g/mol. The van der Waals surface area contributed by atoms with Crippen LogP contribution in [0.3, 0.4) is 0 Å². The van der Waals surface area contributed by atoms with E-state index in [4.69, 9.17) is 0 Å². The predicted molar refractivity (Wildman–Crippen MR) is 158 cm³/mol. The average Bonchev–Trinajstić information content (AvgIpc) is 2.79. The van der Waals surface area contributed by atoms with E-state index in [0.29, 0.717) is 23.7 Å². The highest BCUT2D eigenvalue weighted by Gasteiger charge is 2.11. The molecular formula is C34H58. The highest BCUT2D eigenvalue weighted by atomic mass is 14.2. The Morgan fingerprint density at radius 2 is 0.794 bits per heavy atom. The zero-order valence-electron chi connectivity index (χ0n) is 24.4. The normalized spacial score (nSPS) is 16.0. The third-order valence-corrected chi connectivity index (χ3v) is 7.97. The van der Waals surface area contributed by atoms with Crippen LogP contribution < -0.4 is 0 Å². The average molecular weight is 467 g/mol. The minimum Gasteiger partial charge on any atom is -0.0999 e. The first kappa shape index (κ1) is 32.4. The molecule has 0 rings (SSSR count). The minimum absolute atomic E-state index is 0.597. The van der Waals surface area contributed by atoms with Gasteiger partial charge in [-0.2, -0.15) is 0 Å². The van der Waals surface area contributed by atoms with Crippen molar-refractivity contribution in [3.05, 3.63) is 71.9 Å². The molecule has 0 saturated heterocycles. The van der Waals surface area contributed by atoms with Crippen molar-refractivity contribution in [1.82, 2.24) is 0 Å². The van der Waals surface area contributed by atoms with E-state index < -0.39 is 0 Å². The molecule has 194 valence electrons. The van der Waals surface area contributed by atoms with Crippen molar-refractivity contribution < 1.29 is 0 Å².